The highest BCUT2D eigenvalue weighted by Gasteiger charge is 2.38. The van der Waals surface area contributed by atoms with Crippen molar-refractivity contribution in [1.29, 1.82) is 0 Å². The SMILES string of the molecule is CC(C)=CCCP(=O)(O)OP(=O)(O)OP(=O)(O)O. The summed E-state index contributed by atoms with van der Waals surface area (Å²) in [5.74, 6) is 0. The van der Waals surface area contributed by atoms with E-state index in [9.17, 15) is 18.6 Å². The van der Waals surface area contributed by atoms with Crippen LogP contribution in [0.4, 0.5) is 0 Å². The highest BCUT2D eigenvalue weighted by atomic mass is 31.3. The first-order valence-electron chi connectivity index (χ1n) is 4.59. The topological polar surface area (TPSA) is 151 Å². The van der Waals surface area contributed by atoms with Crippen LogP contribution in [0.1, 0.15) is 20.3 Å². The predicted molar refractivity (Wildman–Crippen MR) is 62.8 cm³/mol. The van der Waals surface area contributed by atoms with Crippen molar-refractivity contribution in [3.05, 3.63) is 11.6 Å². The van der Waals surface area contributed by atoms with E-state index >= 15 is 0 Å². The number of allylic oxidation sites excluding steroid dienone is 2. The quantitative estimate of drug-likeness (QED) is 0.405. The van der Waals surface area contributed by atoms with Gasteiger partial charge < -0.3 is 19.6 Å². The lowest BCUT2D eigenvalue weighted by Gasteiger charge is -2.15. The van der Waals surface area contributed by atoms with Crippen LogP contribution in [0.25, 0.3) is 0 Å². The molecule has 4 N–H and O–H groups in total. The molecule has 2 unspecified atom stereocenters. The van der Waals surface area contributed by atoms with Gasteiger partial charge in [-0.2, -0.15) is 4.31 Å². The largest absolute Gasteiger partial charge is 0.488 e. The maximum Gasteiger partial charge on any atom is 0.488 e. The molecule has 12 heteroatoms. The molecule has 0 aliphatic rings. The van der Waals surface area contributed by atoms with Gasteiger partial charge in [0.05, 0.1) is 6.16 Å². The molecule has 0 aliphatic carbocycles. The Morgan fingerprint density at radius 1 is 1.06 bits per heavy atom. The summed E-state index contributed by atoms with van der Waals surface area (Å²) in [5.41, 5.74) is 0.869. The van der Waals surface area contributed by atoms with Crippen LogP contribution < -0.4 is 0 Å². The molecule has 2 atom stereocenters. The van der Waals surface area contributed by atoms with Crippen LogP contribution in [-0.2, 0) is 22.3 Å². The van der Waals surface area contributed by atoms with Crippen LogP contribution in [-0.4, -0.2) is 25.7 Å². The van der Waals surface area contributed by atoms with E-state index in [4.69, 9.17) is 14.7 Å². The van der Waals surface area contributed by atoms with E-state index in [0.29, 0.717) is 0 Å². The molecule has 0 amide bonds. The average Bonchev–Trinajstić information content (AvgIpc) is 1.93. The van der Waals surface area contributed by atoms with Crippen molar-refractivity contribution >= 4 is 23.2 Å². The summed E-state index contributed by atoms with van der Waals surface area (Å²) in [6, 6.07) is 0. The first kappa shape index (κ1) is 18.2. The van der Waals surface area contributed by atoms with E-state index in [2.05, 4.69) is 8.62 Å². The summed E-state index contributed by atoms with van der Waals surface area (Å²) in [7, 11) is -15.1. The monoisotopic (exact) mass is 324 g/mol. The van der Waals surface area contributed by atoms with Gasteiger partial charge in [-0.25, -0.2) is 13.4 Å². The fourth-order valence-corrected chi connectivity index (χ4v) is 4.40. The molecule has 0 aliphatic heterocycles. The lowest BCUT2D eigenvalue weighted by molar-refractivity contribution is 0.223. The molecule has 0 bridgehead atoms. The van der Waals surface area contributed by atoms with Gasteiger partial charge in [-0.1, -0.05) is 11.6 Å². The van der Waals surface area contributed by atoms with Crippen molar-refractivity contribution in [1.82, 2.24) is 0 Å². The van der Waals surface area contributed by atoms with Gasteiger partial charge in [0.1, 0.15) is 0 Å². The fraction of sp³-hybridized carbons (Fsp3) is 0.667. The van der Waals surface area contributed by atoms with Crippen molar-refractivity contribution < 1.29 is 41.9 Å². The molecule has 0 saturated carbocycles. The fourth-order valence-electron chi connectivity index (χ4n) is 0.868. The van der Waals surface area contributed by atoms with Gasteiger partial charge in [0.25, 0.3) is 0 Å². The maximum absolute atomic E-state index is 11.3. The summed E-state index contributed by atoms with van der Waals surface area (Å²) in [6.45, 7) is 3.49. The van der Waals surface area contributed by atoms with Gasteiger partial charge in [0.2, 0.25) is 0 Å². The zero-order chi connectivity index (χ0) is 14.6. The normalized spacial score (nSPS) is 18.8. The number of hydrogen-bond donors (Lipinski definition) is 4. The Kier molecular flexibility index (Phi) is 6.64. The Balaban J connectivity index is 4.57. The minimum atomic E-state index is -5.30. The lowest BCUT2D eigenvalue weighted by Crippen LogP contribution is -1.96. The van der Waals surface area contributed by atoms with Crippen LogP contribution in [0.3, 0.4) is 0 Å². The molecule has 0 fully saturated rings. The molecule has 0 saturated heterocycles. The maximum atomic E-state index is 11.3. The number of rotatable bonds is 7. The molecule has 0 aromatic carbocycles. The Hall–Kier alpha value is 0.190. The van der Waals surface area contributed by atoms with Crippen LogP contribution in [0.15, 0.2) is 11.6 Å². The molecule has 9 nitrogen and oxygen atoms in total. The summed E-state index contributed by atoms with van der Waals surface area (Å²) in [5, 5.41) is 0. The molecule has 0 aromatic rings. The first-order valence-corrected chi connectivity index (χ1v) is 9.38. The Morgan fingerprint density at radius 3 is 1.94 bits per heavy atom. The second-order valence-electron chi connectivity index (χ2n) is 3.55. The van der Waals surface area contributed by atoms with E-state index in [0.717, 1.165) is 5.57 Å². The third-order valence-corrected chi connectivity index (χ3v) is 5.75. The molecule has 18 heavy (non-hydrogen) atoms. The summed E-state index contributed by atoms with van der Waals surface area (Å²) >= 11 is 0. The molecule has 108 valence electrons. The van der Waals surface area contributed by atoms with Crippen LogP contribution in [0.5, 0.6) is 0 Å². The highest BCUT2D eigenvalue weighted by Crippen LogP contribution is 2.66. The van der Waals surface area contributed by atoms with Crippen molar-refractivity contribution in [2.45, 2.75) is 20.3 Å². The van der Waals surface area contributed by atoms with Gasteiger partial charge in [0, 0.05) is 0 Å². The summed E-state index contributed by atoms with van der Waals surface area (Å²) < 4.78 is 39.9. The summed E-state index contributed by atoms with van der Waals surface area (Å²) in [6.07, 6.45) is 1.22. The third-order valence-electron chi connectivity index (χ3n) is 1.40. The predicted octanol–water partition coefficient (Wildman–Crippen LogP) is 1.75. The van der Waals surface area contributed by atoms with Gasteiger partial charge in [-0.05, 0) is 20.3 Å². The Bertz CT molecular complexity index is 445. The van der Waals surface area contributed by atoms with Gasteiger partial charge in [-0.3, -0.25) is 4.57 Å². The van der Waals surface area contributed by atoms with E-state index in [1.807, 2.05) is 0 Å². The van der Waals surface area contributed by atoms with E-state index in [1.54, 1.807) is 19.9 Å². The smallest absolute Gasteiger partial charge is 0.324 e. The van der Waals surface area contributed by atoms with Gasteiger partial charge in [0.15, 0.2) is 0 Å². The third kappa shape index (κ3) is 10.1. The van der Waals surface area contributed by atoms with Crippen LogP contribution >= 0.6 is 23.2 Å². The Morgan fingerprint density at radius 2 is 1.56 bits per heavy atom. The van der Waals surface area contributed by atoms with Gasteiger partial charge in [-0.15, -0.1) is 0 Å². The van der Waals surface area contributed by atoms with Crippen molar-refractivity contribution in [2.75, 3.05) is 6.16 Å². The van der Waals surface area contributed by atoms with Crippen LogP contribution in [0, 0.1) is 0 Å². The van der Waals surface area contributed by atoms with Crippen molar-refractivity contribution in [3.8, 4) is 0 Å². The van der Waals surface area contributed by atoms with E-state index in [1.165, 1.54) is 0 Å². The molecule has 0 spiro atoms. The molecule has 0 heterocycles. The molecule has 0 aromatic heterocycles. The van der Waals surface area contributed by atoms with Crippen molar-refractivity contribution in [2.24, 2.45) is 0 Å². The minimum Gasteiger partial charge on any atom is -0.324 e. The minimum absolute atomic E-state index is 0.103. The van der Waals surface area contributed by atoms with E-state index < -0.39 is 29.4 Å². The van der Waals surface area contributed by atoms with Crippen molar-refractivity contribution in [3.63, 3.8) is 0 Å². The zero-order valence-electron chi connectivity index (χ0n) is 9.66. The number of hydrogen-bond acceptors (Lipinski definition) is 5. The second kappa shape index (κ2) is 6.57. The van der Waals surface area contributed by atoms with E-state index in [-0.39, 0.29) is 6.42 Å². The molecular formula is C6H15O9P3. The lowest BCUT2D eigenvalue weighted by atomic mass is 10.3. The highest BCUT2D eigenvalue weighted by molar-refractivity contribution is 7.68. The van der Waals surface area contributed by atoms with Crippen LogP contribution in [0.2, 0.25) is 0 Å². The second-order valence-corrected chi connectivity index (χ2v) is 8.50. The molecular weight excluding hydrogens is 309 g/mol. The standard InChI is InChI=1S/C6H15O9P3/c1-6(2)4-3-5-16(7,8)14-18(12,13)15-17(9,10)11/h4H,3,5H2,1-2H3,(H,7,8)(H,12,13)(H2,9,10,11). The molecule has 0 rings (SSSR count). The van der Waals surface area contributed by atoms with Gasteiger partial charge >= 0.3 is 23.2 Å². The number of phosphoric acid groups is 2. The average molecular weight is 324 g/mol. The first-order chi connectivity index (χ1) is 7.83. The zero-order valence-corrected chi connectivity index (χ0v) is 12.3. The Labute approximate surface area is 104 Å². The summed E-state index contributed by atoms with van der Waals surface area (Å²) in [4.78, 5) is 34.7. The molecule has 0 radical (unpaired) electrons.